The number of carbonyl (C=O) groups is 1. The number of nitrogens with zero attached hydrogens (tertiary/aromatic N) is 1. The summed E-state index contributed by atoms with van der Waals surface area (Å²) >= 11 is 0. The van der Waals surface area contributed by atoms with Gasteiger partial charge in [0.15, 0.2) is 0 Å². The first-order valence-electron chi connectivity index (χ1n) is 5.05. The van der Waals surface area contributed by atoms with Crippen molar-refractivity contribution in [3.63, 3.8) is 0 Å². The predicted octanol–water partition coefficient (Wildman–Crippen LogP) is 1.08. The molecule has 1 rings (SSSR count). The molecule has 0 aliphatic heterocycles. The Balaban J connectivity index is 2.60. The van der Waals surface area contributed by atoms with E-state index in [9.17, 15) is 9.18 Å². The number of hydrogen-bond acceptors (Lipinski definition) is 3. The maximum absolute atomic E-state index is 12.9. The molecule has 0 aliphatic rings. The molecule has 0 saturated carbocycles. The molecule has 1 unspecified atom stereocenters. The summed E-state index contributed by atoms with van der Waals surface area (Å²) in [4.78, 5) is 11.7. The molecular formula is C11H14FN3O2. The molecule has 0 radical (unpaired) electrons. The zero-order valence-electron chi connectivity index (χ0n) is 9.35. The fourth-order valence-electron chi connectivity index (χ4n) is 1.34. The van der Waals surface area contributed by atoms with Crippen LogP contribution >= 0.6 is 0 Å². The van der Waals surface area contributed by atoms with Crippen LogP contribution in [0, 0.1) is 5.82 Å². The van der Waals surface area contributed by atoms with Crippen LogP contribution < -0.4 is 11.1 Å². The Morgan fingerprint density at radius 2 is 2.35 bits per heavy atom. The zero-order valence-corrected chi connectivity index (χ0v) is 9.35. The molecule has 92 valence electrons. The second-order valence-corrected chi connectivity index (χ2v) is 3.68. The van der Waals surface area contributed by atoms with Crippen LogP contribution in [-0.4, -0.2) is 23.0 Å². The summed E-state index contributed by atoms with van der Waals surface area (Å²) in [6, 6.07) is 5.07. The van der Waals surface area contributed by atoms with Crippen molar-refractivity contribution >= 4 is 11.7 Å². The van der Waals surface area contributed by atoms with Gasteiger partial charge in [0.25, 0.3) is 5.91 Å². The van der Waals surface area contributed by atoms with Crippen molar-refractivity contribution in [1.29, 1.82) is 0 Å². The highest BCUT2D eigenvalue weighted by atomic mass is 19.1. The molecule has 0 bridgehead atoms. The molecule has 0 aromatic heterocycles. The molecule has 6 heteroatoms. The van der Waals surface area contributed by atoms with Crippen LogP contribution in [0.15, 0.2) is 29.4 Å². The Hall–Kier alpha value is -2.11. The normalized spacial score (nSPS) is 13.2. The van der Waals surface area contributed by atoms with Gasteiger partial charge in [0, 0.05) is 18.0 Å². The summed E-state index contributed by atoms with van der Waals surface area (Å²) < 4.78 is 12.9. The standard InChI is InChI=1S/C11H14FN3O2/c1-7(5-10(13)15-17)14-11(16)8-3-2-4-9(12)6-8/h2-4,6-7,17H,5H2,1H3,(H2,13,15)(H,14,16). The van der Waals surface area contributed by atoms with Crippen LogP contribution in [0.25, 0.3) is 0 Å². The van der Waals surface area contributed by atoms with Gasteiger partial charge in [0.1, 0.15) is 11.7 Å². The van der Waals surface area contributed by atoms with E-state index in [1.165, 1.54) is 18.2 Å². The van der Waals surface area contributed by atoms with Gasteiger partial charge in [-0.15, -0.1) is 0 Å². The average molecular weight is 239 g/mol. The van der Waals surface area contributed by atoms with Gasteiger partial charge >= 0.3 is 0 Å². The van der Waals surface area contributed by atoms with E-state index in [1.54, 1.807) is 6.92 Å². The Morgan fingerprint density at radius 1 is 1.65 bits per heavy atom. The summed E-state index contributed by atoms with van der Waals surface area (Å²) in [6.45, 7) is 1.70. The number of halogens is 1. The van der Waals surface area contributed by atoms with Crippen molar-refractivity contribution in [1.82, 2.24) is 5.32 Å². The molecule has 0 spiro atoms. The van der Waals surface area contributed by atoms with Crippen molar-refractivity contribution < 1.29 is 14.4 Å². The quantitative estimate of drug-likeness (QED) is 0.318. The van der Waals surface area contributed by atoms with Gasteiger partial charge in [-0.3, -0.25) is 4.79 Å². The summed E-state index contributed by atoms with van der Waals surface area (Å²) in [6.07, 6.45) is 0.220. The fraction of sp³-hybridized carbons (Fsp3) is 0.273. The molecule has 0 heterocycles. The van der Waals surface area contributed by atoms with Crippen LogP contribution in [0.4, 0.5) is 4.39 Å². The van der Waals surface area contributed by atoms with Crippen LogP contribution in [0.5, 0.6) is 0 Å². The second-order valence-electron chi connectivity index (χ2n) is 3.68. The van der Waals surface area contributed by atoms with Gasteiger partial charge in [-0.25, -0.2) is 4.39 Å². The number of rotatable bonds is 4. The van der Waals surface area contributed by atoms with E-state index in [0.717, 1.165) is 6.07 Å². The predicted molar refractivity (Wildman–Crippen MR) is 61.4 cm³/mol. The minimum Gasteiger partial charge on any atom is -0.409 e. The van der Waals surface area contributed by atoms with Crippen molar-refractivity contribution in [3.05, 3.63) is 35.6 Å². The van der Waals surface area contributed by atoms with Crippen LogP contribution in [0.3, 0.4) is 0 Å². The first kappa shape index (κ1) is 13.0. The molecule has 1 amide bonds. The van der Waals surface area contributed by atoms with E-state index < -0.39 is 11.7 Å². The van der Waals surface area contributed by atoms with E-state index in [4.69, 9.17) is 10.9 Å². The molecule has 0 fully saturated rings. The van der Waals surface area contributed by atoms with Gasteiger partial charge in [-0.2, -0.15) is 0 Å². The Labute approximate surface area is 98.1 Å². The molecule has 4 N–H and O–H groups in total. The average Bonchev–Trinajstić information content (AvgIpc) is 2.28. The number of nitrogens with one attached hydrogen (secondary N) is 1. The summed E-state index contributed by atoms with van der Waals surface area (Å²) in [7, 11) is 0. The lowest BCUT2D eigenvalue weighted by Gasteiger charge is -2.12. The Kier molecular flexibility index (Phi) is 4.45. The van der Waals surface area contributed by atoms with Gasteiger partial charge in [0.2, 0.25) is 0 Å². The van der Waals surface area contributed by atoms with Crippen LogP contribution in [0.2, 0.25) is 0 Å². The van der Waals surface area contributed by atoms with Crippen molar-refractivity contribution in [2.24, 2.45) is 10.9 Å². The van der Waals surface area contributed by atoms with Gasteiger partial charge in [0.05, 0.1) is 0 Å². The number of amides is 1. The maximum Gasteiger partial charge on any atom is 0.251 e. The Morgan fingerprint density at radius 3 is 2.94 bits per heavy atom. The highest BCUT2D eigenvalue weighted by Gasteiger charge is 2.11. The van der Waals surface area contributed by atoms with E-state index in [2.05, 4.69) is 10.5 Å². The number of amidine groups is 1. The SMILES string of the molecule is CC(CC(N)=NO)NC(=O)c1cccc(F)c1. The summed E-state index contributed by atoms with van der Waals surface area (Å²) in [5, 5.41) is 13.8. The number of benzene rings is 1. The molecule has 5 nitrogen and oxygen atoms in total. The third-order valence-corrected chi connectivity index (χ3v) is 2.11. The highest BCUT2D eigenvalue weighted by Crippen LogP contribution is 2.04. The molecule has 1 aromatic carbocycles. The highest BCUT2D eigenvalue weighted by molar-refractivity contribution is 5.94. The second kappa shape index (κ2) is 5.83. The summed E-state index contributed by atoms with van der Waals surface area (Å²) in [5.41, 5.74) is 5.53. The molecule has 1 atom stereocenters. The number of hydrogen-bond donors (Lipinski definition) is 3. The number of oxime groups is 1. The first-order valence-corrected chi connectivity index (χ1v) is 5.05. The zero-order chi connectivity index (χ0) is 12.8. The smallest absolute Gasteiger partial charge is 0.251 e. The maximum atomic E-state index is 12.9. The lowest BCUT2D eigenvalue weighted by Crippen LogP contribution is -2.35. The topological polar surface area (TPSA) is 87.7 Å². The molecule has 0 saturated heterocycles. The lowest BCUT2D eigenvalue weighted by atomic mass is 10.1. The van der Waals surface area contributed by atoms with Crippen molar-refractivity contribution in [2.75, 3.05) is 0 Å². The van der Waals surface area contributed by atoms with E-state index >= 15 is 0 Å². The molecule has 17 heavy (non-hydrogen) atoms. The van der Waals surface area contributed by atoms with Gasteiger partial charge in [-0.05, 0) is 25.1 Å². The molecule has 1 aromatic rings. The van der Waals surface area contributed by atoms with Gasteiger partial charge < -0.3 is 16.3 Å². The first-order chi connectivity index (χ1) is 8.02. The van der Waals surface area contributed by atoms with Crippen LogP contribution in [-0.2, 0) is 0 Å². The van der Waals surface area contributed by atoms with Gasteiger partial charge in [-0.1, -0.05) is 11.2 Å². The van der Waals surface area contributed by atoms with Crippen LogP contribution in [0.1, 0.15) is 23.7 Å². The molecule has 0 aliphatic carbocycles. The van der Waals surface area contributed by atoms with Crippen molar-refractivity contribution in [2.45, 2.75) is 19.4 Å². The Bertz CT molecular complexity index is 434. The third kappa shape index (κ3) is 4.10. The number of nitrogens with two attached hydrogens (primary N) is 1. The van der Waals surface area contributed by atoms with Crippen molar-refractivity contribution in [3.8, 4) is 0 Å². The lowest BCUT2D eigenvalue weighted by molar-refractivity contribution is 0.0940. The largest absolute Gasteiger partial charge is 0.409 e. The monoisotopic (exact) mass is 239 g/mol. The molecular weight excluding hydrogens is 225 g/mol. The van der Waals surface area contributed by atoms with E-state index in [-0.39, 0.29) is 23.9 Å². The number of carbonyl (C=O) groups excluding carboxylic acids is 1. The minimum atomic E-state index is -0.471. The van der Waals surface area contributed by atoms with E-state index in [1.807, 2.05) is 0 Å². The summed E-state index contributed by atoms with van der Waals surface area (Å²) in [5.74, 6) is -0.846. The minimum absolute atomic E-state index is 0.0250. The third-order valence-electron chi connectivity index (χ3n) is 2.11. The fourth-order valence-corrected chi connectivity index (χ4v) is 1.34. The van der Waals surface area contributed by atoms with E-state index in [0.29, 0.717) is 0 Å².